The molecule has 3 aromatic carbocycles. The summed E-state index contributed by atoms with van der Waals surface area (Å²) in [4.78, 5) is 8.40. The third-order valence-electron chi connectivity index (χ3n) is 8.09. The van der Waals surface area contributed by atoms with Crippen molar-refractivity contribution in [3.05, 3.63) is 166 Å². The average Bonchev–Trinajstić information content (AvgIpc) is 3.02. The number of rotatable bonds is 12. The van der Waals surface area contributed by atoms with Crippen LogP contribution in [-0.4, -0.2) is 26.1 Å². The maximum Gasteiger partial charge on any atom is 0.0561 e. The highest BCUT2D eigenvalue weighted by molar-refractivity contribution is 6.77. The van der Waals surface area contributed by atoms with Crippen LogP contribution in [0.25, 0.3) is 24.3 Å². The smallest absolute Gasteiger partial charge is 0.0561 e. The van der Waals surface area contributed by atoms with E-state index in [1.54, 1.807) is 11.1 Å². The molecule has 5 aromatic rings. The number of nitrogens with zero attached hydrogens (tertiary/aromatic N) is 2. The molecule has 2 heterocycles. The molecular weight excluding hydrogens is 565 g/mol. The van der Waals surface area contributed by atoms with Gasteiger partial charge in [0.15, 0.2) is 0 Å². The van der Waals surface area contributed by atoms with E-state index in [9.17, 15) is 0 Å². The van der Waals surface area contributed by atoms with Gasteiger partial charge < -0.3 is 0 Å². The molecule has 0 fully saturated rings. The summed E-state index contributed by atoms with van der Waals surface area (Å²) in [7, 11) is -3.03. The Hall–Kier alpha value is -4.13. The second-order valence-corrected chi connectivity index (χ2v) is 23.6. The largest absolute Gasteiger partial charge is 0.264 e. The Morgan fingerprint density at radius 1 is 0.432 bits per heavy atom. The van der Waals surface area contributed by atoms with Crippen molar-refractivity contribution in [2.45, 2.75) is 50.4 Å². The van der Waals surface area contributed by atoms with Crippen molar-refractivity contribution >= 4 is 40.5 Å². The fraction of sp³-hybridized carbons (Fsp3) is 0.200. The molecule has 0 aliphatic rings. The first kappa shape index (κ1) is 31.3. The van der Waals surface area contributed by atoms with Crippen LogP contribution >= 0.6 is 0 Å². The van der Waals surface area contributed by atoms with Gasteiger partial charge in [-0.2, -0.15) is 0 Å². The van der Waals surface area contributed by atoms with Crippen molar-refractivity contribution in [2.24, 2.45) is 0 Å². The highest BCUT2D eigenvalue weighted by Crippen LogP contribution is 2.25. The zero-order chi connectivity index (χ0) is 30.8. The summed E-state index contributed by atoms with van der Waals surface area (Å²) in [6.45, 7) is 10.2. The van der Waals surface area contributed by atoms with Crippen LogP contribution in [0.4, 0.5) is 0 Å². The number of pyridine rings is 2. The molecule has 44 heavy (non-hydrogen) atoms. The minimum absolute atomic E-state index is 1.12. The van der Waals surface area contributed by atoms with Crippen molar-refractivity contribution in [3.8, 4) is 0 Å². The Bertz CT molecular complexity index is 1540. The summed E-state index contributed by atoms with van der Waals surface area (Å²) in [5.41, 5.74) is 10.7. The number of hydrogen-bond donors (Lipinski definition) is 0. The van der Waals surface area contributed by atoms with Crippen molar-refractivity contribution in [1.29, 1.82) is 0 Å². The highest BCUT2D eigenvalue weighted by Gasteiger charge is 2.26. The summed E-state index contributed by atoms with van der Waals surface area (Å²) < 4.78 is 0. The third kappa shape index (κ3) is 9.70. The quantitative estimate of drug-likeness (QED) is 0.132. The second kappa shape index (κ2) is 14.6. The number of benzene rings is 3. The SMILES string of the molecule is C[Si](C)(Cc1ccc(/C=C\c2cccnc2)cc1)Cc1ccccc1C[Si](C)(C)Cc1ccc(/C=C\c2cccnc2)cc1. The molecule has 0 aliphatic carbocycles. The lowest BCUT2D eigenvalue weighted by Crippen LogP contribution is -2.36. The second-order valence-electron chi connectivity index (χ2n) is 13.5. The normalized spacial score (nSPS) is 12.3. The predicted octanol–water partition coefficient (Wildman–Crippen LogP) is 9.96. The molecule has 2 aromatic heterocycles. The molecule has 0 amide bonds. The lowest BCUT2D eigenvalue weighted by atomic mass is 10.1. The van der Waals surface area contributed by atoms with Gasteiger partial charge in [-0.15, -0.1) is 0 Å². The Morgan fingerprint density at radius 3 is 1.18 bits per heavy atom. The van der Waals surface area contributed by atoms with Gasteiger partial charge in [0.05, 0.1) is 16.1 Å². The molecular formula is C40H44N2Si2. The minimum atomic E-state index is -1.51. The van der Waals surface area contributed by atoms with Gasteiger partial charge in [-0.25, -0.2) is 0 Å². The predicted molar refractivity (Wildman–Crippen MR) is 195 cm³/mol. The molecule has 0 spiro atoms. The molecule has 0 bridgehead atoms. The molecule has 0 aliphatic heterocycles. The Balaban J connectivity index is 1.19. The highest BCUT2D eigenvalue weighted by atomic mass is 28.3. The van der Waals surface area contributed by atoms with Gasteiger partial charge in [0.1, 0.15) is 0 Å². The minimum Gasteiger partial charge on any atom is -0.264 e. The van der Waals surface area contributed by atoms with Gasteiger partial charge in [0.2, 0.25) is 0 Å². The van der Waals surface area contributed by atoms with Crippen LogP contribution in [0.1, 0.15) is 44.5 Å². The van der Waals surface area contributed by atoms with Gasteiger partial charge in [-0.3, -0.25) is 9.97 Å². The van der Waals surface area contributed by atoms with E-state index in [1.807, 2.05) is 36.9 Å². The van der Waals surface area contributed by atoms with E-state index in [0.29, 0.717) is 0 Å². The monoisotopic (exact) mass is 608 g/mol. The van der Waals surface area contributed by atoms with Crippen LogP contribution in [0, 0.1) is 0 Å². The fourth-order valence-corrected chi connectivity index (χ4v) is 11.7. The maximum absolute atomic E-state index is 4.20. The molecule has 0 atom stereocenters. The summed E-state index contributed by atoms with van der Waals surface area (Å²) in [6.07, 6.45) is 16.0. The standard InChI is InChI=1S/C40H44N2Si2/c1-43(2,29-37-21-15-33(16-22-37)13-19-35-9-7-25-41-27-35)31-39-11-5-6-12-40(39)32-44(3,4)30-38-23-17-34(18-24-38)14-20-36-10-8-26-42-28-36/h5-28H,29-32H2,1-4H3/b19-13-,20-14-. The van der Waals surface area contributed by atoms with E-state index in [-0.39, 0.29) is 0 Å². The van der Waals surface area contributed by atoms with E-state index >= 15 is 0 Å². The topological polar surface area (TPSA) is 25.8 Å². The molecule has 0 saturated carbocycles. The van der Waals surface area contributed by atoms with E-state index in [4.69, 9.17) is 0 Å². The Labute approximate surface area is 266 Å². The summed E-state index contributed by atoms with van der Waals surface area (Å²) in [6, 6.07) is 40.4. The van der Waals surface area contributed by atoms with Crippen LogP contribution in [0.5, 0.6) is 0 Å². The molecule has 0 radical (unpaired) electrons. The van der Waals surface area contributed by atoms with Crippen molar-refractivity contribution in [3.63, 3.8) is 0 Å². The average molecular weight is 609 g/mol. The Morgan fingerprint density at radius 2 is 0.818 bits per heavy atom. The zero-order valence-electron chi connectivity index (χ0n) is 26.6. The molecule has 4 heteroatoms. The zero-order valence-corrected chi connectivity index (χ0v) is 28.6. The van der Waals surface area contributed by atoms with Gasteiger partial charge in [-0.1, -0.05) is 147 Å². The van der Waals surface area contributed by atoms with E-state index in [1.165, 1.54) is 46.4 Å². The van der Waals surface area contributed by atoms with Crippen LogP contribution in [0.2, 0.25) is 26.2 Å². The summed E-state index contributed by atoms with van der Waals surface area (Å²) in [5, 5.41) is 0. The molecule has 0 unspecified atom stereocenters. The Kier molecular flexibility index (Phi) is 10.4. The molecule has 2 nitrogen and oxygen atoms in total. The van der Waals surface area contributed by atoms with Gasteiger partial charge in [-0.05, 0) is 69.7 Å². The third-order valence-corrected chi connectivity index (χ3v) is 13.5. The number of hydrogen-bond acceptors (Lipinski definition) is 2. The fourth-order valence-electron chi connectivity index (χ4n) is 5.99. The van der Waals surface area contributed by atoms with E-state index in [0.717, 1.165) is 11.1 Å². The van der Waals surface area contributed by atoms with E-state index < -0.39 is 16.1 Å². The van der Waals surface area contributed by atoms with Gasteiger partial charge >= 0.3 is 0 Å². The molecule has 0 saturated heterocycles. The summed E-state index contributed by atoms with van der Waals surface area (Å²) >= 11 is 0. The summed E-state index contributed by atoms with van der Waals surface area (Å²) in [5.74, 6) is 0. The van der Waals surface area contributed by atoms with Crippen LogP contribution in [0.15, 0.2) is 122 Å². The van der Waals surface area contributed by atoms with Crippen LogP contribution in [0.3, 0.4) is 0 Å². The first-order chi connectivity index (χ1) is 21.2. The van der Waals surface area contributed by atoms with Crippen LogP contribution < -0.4 is 0 Å². The molecule has 222 valence electrons. The molecule has 0 N–H and O–H groups in total. The first-order valence-electron chi connectivity index (χ1n) is 15.6. The van der Waals surface area contributed by atoms with Gasteiger partial charge in [0.25, 0.3) is 0 Å². The number of aromatic nitrogens is 2. The van der Waals surface area contributed by atoms with Crippen molar-refractivity contribution in [1.82, 2.24) is 9.97 Å². The lowest BCUT2D eigenvalue weighted by Gasteiger charge is -2.27. The first-order valence-corrected chi connectivity index (χ1v) is 22.5. The lowest BCUT2D eigenvalue weighted by molar-refractivity contribution is 1.14. The van der Waals surface area contributed by atoms with Crippen LogP contribution in [-0.2, 0) is 24.2 Å². The van der Waals surface area contributed by atoms with Gasteiger partial charge in [0, 0.05) is 24.8 Å². The van der Waals surface area contributed by atoms with Crippen molar-refractivity contribution < 1.29 is 0 Å². The van der Waals surface area contributed by atoms with E-state index in [2.05, 4.69) is 145 Å². The maximum atomic E-state index is 4.20. The van der Waals surface area contributed by atoms with Crippen molar-refractivity contribution in [2.75, 3.05) is 0 Å². The molecule has 5 rings (SSSR count).